The first-order valence-corrected chi connectivity index (χ1v) is 10.4. The van der Waals surface area contributed by atoms with Crippen molar-refractivity contribution in [2.75, 3.05) is 28.2 Å². The van der Waals surface area contributed by atoms with Crippen molar-refractivity contribution in [3.8, 4) is 11.8 Å². The van der Waals surface area contributed by atoms with Crippen LogP contribution in [0, 0.1) is 34.5 Å². The number of rotatable bonds is 8. The van der Waals surface area contributed by atoms with E-state index in [0.29, 0.717) is 34.7 Å². The Labute approximate surface area is 166 Å². The Morgan fingerprint density at radius 3 is 1.08 bits per heavy atom. The van der Waals surface area contributed by atoms with Crippen LogP contribution in [0.4, 0.5) is 0 Å². The molecule has 4 atom stereocenters. The van der Waals surface area contributed by atoms with Gasteiger partial charge < -0.3 is 0 Å². The molecule has 0 aliphatic carbocycles. The molecule has 0 amide bonds. The van der Waals surface area contributed by atoms with Crippen molar-refractivity contribution in [2.24, 2.45) is 22.7 Å². The van der Waals surface area contributed by atoms with Gasteiger partial charge in [-0.15, -0.1) is 0 Å². The van der Waals surface area contributed by atoms with E-state index in [2.05, 4.69) is 105 Å². The van der Waals surface area contributed by atoms with Crippen LogP contribution in [-0.2, 0) is 0 Å². The maximum atomic E-state index is 3.62. The second-order valence-corrected chi connectivity index (χ2v) is 11.5. The molecule has 0 saturated carbocycles. The molecule has 0 fully saturated rings. The van der Waals surface area contributed by atoms with Crippen LogP contribution in [-0.4, -0.2) is 50.1 Å². The fraction of sp³-hybridized carbons (Fsp3) is 0.917. The predicted molar refractivity (Wildman–Crippen MR) is 118 cm³/mol. The van der Waals surface area contributed by atoms with E-state index >= 15 is 0 Å². The molecule has 0 heterocycles. The van der Waals surface area contributed by atoms with E-state index in [1.165, 1.54) is 12.8 Å². The average Bonchev–Trinajstić information content (AvgIpc) is 2.36. The maximum absolute atomic E-state index is 3.62. The minimum atomic E-state index is 0.340. The first kappa shape index (κ1) is 25.5. The van der Waals surface area contributed by atoms with Crippen molar-refractivity contribution >= 4 is 0 Å². The van der Waals surface area contributed by atoms with Gasteiger partial charge in [-0.05, 0) is 76.5 Å². The molecular formula is C24H48N2. The molecule has 2 nitrogen and oxygen atoms in total. The highest BCUT2D eigenvalue weighted by Crippen LogP contribution is 2.28. The molecule has 0 rings (SSSR count). The van der Waals surface area contributed by atoms with E-state index in [0.717, 1.165) is 12.8 Å². The van der Waals surface area contributed by atoms with Crippen molar-refractivity contribution in [1.29, 1.82) is 0 Å². The Bertz CT molecular complexity index is 400. The summed E-state index contributed by atoms with van der Waals surface area (Å²) in [5.41, 5.74) is 0.774. The van der Waals surface area contributed by atoms with Crippen molar-refractivity contribution < 1.29 is 0 Å². The topological polar surface area (TPSA) is 6.48 Å². The normalized spacial score (nSPS) is 17.6. The molecular weight excluding hydrogens is 316 g/mol. The molecule has 4 unspecified atom stereocenters. The Hall–Kier alpha value is -0.520. The minimum absolute atomic E-state index is 0.340. The number of hydrogen-bond acceptors (Lipinski definition) is 2. The molecule has 26 heavy (non-hydrogen) atoms. The van der Waals surface area contributed by atoms with Crippen LogP contribution in [0.2, 0.25) is 0 Å². The molecule has 0 saturated heterocycles. The summed E-state index contributed by atoms with van der Waals surface area (Å²) in [4.78, 5) is 4.58. The molecule has 0 N–H and O–H groups in total. The molecule has 0 aromatic carbocycles. The van der Waals surface area contributed by atoms with Crippen LogP contribution in [0.15, 0.2) is 0 Å². The molecule has 0 aromatic rings. The molecule has 0 spiro atoms. The fourth-order valence-electron chi connectivity index (χ4n) is 4.01. The third-order valence-electron chi connectivity index (χ3n) is 4.84. The summed E-state index contributed by atoms with van der Waals surface area (Å²) in [5, 5.41) is 0. The predicted octanol–water partition coefficient (Wildman–Crippen LogP) is 5.78. The monoisotopic (exact) mass is 364 g/mol. The Balaban J connectivity index is 5.03. The summed E-state index contributed by atoms with van der Waals surface area (Å²) in [6, 6.07) is 0.681. The Morgan fingerprint density at radius 1 is 0.615 bits per heavy atom. The van der Waals surface area contributed by atoms with Crippen molar-refractivity contribution in [3.05, 3.63) is 0 Å². The van der Waals surface area contributed by atoms with E-state index in [4.69, 9.17) is 0 Å². The zero-order valence-electron chi connectivity index (χ0n) is 20.0. The number of hydrogen-bond donors (Lipinski definition) is 0. The highest BCUT2D eigenvalue weighted by molar-refractivity contribution is 5.14. The molecule has 154 valence electrons. The first-order chi connectivity index (χ1) is 11.6. The van der Waals surface area contributed by atoms with E-state index in [1.807, 2.05) is 0 Å². The van der Waals surface area contributed by atoms with Crippen LogP contribution < -0.4 is 0 Å². The smallest absolute Gasteiger partial charge is 0.0712 e. The SMILES string of the molecule is CC(CC(C#CC(CC(C)CC(C)(C)C)N(C)C)N(C)C)CC(C)(C)C. The van der Waals surface area contributed by atoms with Gasteiger partial charge in [0.1, 0.15) is 0 Å². The Morgan fingerprint density at radius 2 is 0.885 bits per heavy atom. The number of nitrogens with zero attached hydrogens (tertiary/aromatic N) is 2. The highest BCUT2D eigenvalue weighted by Gasteiger charge is 2.21. The van der Waals surface area contributed by atoms with E-state index < -0.39 is 0 Å². The van der Waals surface area contributed by atoms with E-state index in [1.54, 1.807) is 0 Å². The summed E-state index contributed by atoms with van der Waals surface area (Å²) < 4.78 is 0. The van der Waals surface area contributed by atoms with Gasteiger partial charge in [0.25, 0.3) is 0 Å². The van der Waals surface area contributed by atoms with Gasteiger partial charge in [0.2, 0.25) is 0 Å². The van der Waals surface area contributed by atoms with Crippen LogP contribution >= 0.6 is 0 Å². The first-order valence-electron chi connectivity index (χ1n) is 10.4. The zero-order chi connectivity index (χ0) is 20.7. The molecule has 0 aliphatic heterocycles. The lowest BCUT2D eigenvalue weighted by molar-refractivity contribution is 0.241. The van der Waals surface area contributed by atoms with Gasteiger partial charge in [-0.2, -0.15) is 0 Å². The van der Waals surface area contributed by atoms with Crippen LogP contribution in [0.3, 0.4) is 0 Å². The largest absolute Gasteiger partial charge is 0.296 e. The van der Waals surface area contributed by atoms with Gasteiger partial charge in [0.15, 0.2) is 0 Å². The van der Waals surface area contributed by atoms with Gasteiger partial charge in [-0.1, -0.05) is 67.2 Å². The van der Waals surface area contributed by atoms with Crippen molar-refractivity contribution in [3.63, 3.8) is 0 Å². The lowest BCUT2D eigenvalue weighted by Gasteiger charge is -2.29. The summed E-state index contributed by atoms with van der Waals surface area (Å²) in [6.07, 6.45) is 4.79. The summed E-state index contributed by atoms with van der Waals surface area (Å²) in [5.74, 6) is 8.62. The van der Waals surface area contributed by atoms with Crippen molar-refractivity contribution in [2.45, 2.75) is 93.2 Å². The van der Waals surface area contributed by atoms with Crippen LogP contribution in [0.25, 0.3) is 0 Å². The van der Waals surface area contributed by atoms with Crippen molar-refractivity contribution in [1.82, 2.24) is 9.80 Å². The molecule has 0 aliphatic rings. The lowest BCUT2D eigenvalue weighted by Crippen LogP contribution is -2.32. The zero-order valence-corrected chi connectivity index (χ0v) is 20.0. The van der Waals surface area contributed by atoms with Gasteiger partial charge in [-0.3, -0.25) is 9.80 Å². The minimum Gasteiger partial charge on any atom is -0.296 e. The molecule has 0 bridgehead atoms. The second kappa shape index (κ2) is 10.7. The van der Waals surface area contributed by atoms with Gasteiger partial charge >= 0.3 is 0 Å². The van der Waals surface area contributed by atoms with Gasteiger partial charge in [0.05, 0.1) is 12.1 Å². The van der Waals surface area contributed by atoms with E-state index in [-0.39, 0.29) is 0 Å². The molecule has 0 radical (unpaired) electrons. The lowest BCUT2D eigenvalue weighted by atomic mass is 9.82. The average molecular weight is 365 g/mol. The van der Waals surface area contributed by atoms with Gasteiger partial charge in [0, 0.05) is 0 Å². The highest BCUT2D eigenvalue weighted by atomic mass is 15.1. The summed E-state index contributed by atoms with van der Waals surface area (Å²) in [7, 11) is 8.65. The third kappa shape index (κ3) is 12.8. The summed E-state index contributed by atoms with van der Waals surface area (Å²) >= 11 is 0. The second-order valence-electron chi connectivity index (χ2n) is 11.5. The van der Waals surface area contributed by atoms with Crippen LogP contribution in [0.1, 0.15) is 81.1 Å². The van der Waals surface area contributed by atoms with Gasteiger partial charge in [-0.25, -0.2) is 0 Å². The molecule has 2 heteroatoms. The third-order valence-corrected chi connectivity index (χ3v) is 4.84. The quantitative estimate of drug-likeness (QED) is 0.504. The van der Waals surface area contributed by atoms with Crippen LogP contribution in [0.5, 0.6) is 0 Å². The molecule has 0 aromatic heterocycles. The fourth-order valence-corrected chi connectivity index (χ4v) is 4.01. The maximum Gasteiger partial charge on any atom is 0.0712 e. The standard InChI is InChI=1S/C24H48N2/c1-19(17-23(3,4)5)15-21(25(9)10)13-14-22(26(11)12)16-20(2)18-24(6,7)8/h19-22H,15-18H2,1-12H3. The van der Waals surface area contributed by atoms with E-state index in [9.17, 15) is 0 Å². The summed E-state index contributed by atoms with van der Waals surface area (Å²) in [6.45, 7) is 18.7. The Kier molecular flexibility index (Phi) is 10.5.